The van der Waals surface area contributed by atoms with Crippen molar-refractivity contribution < 1.29 is 9.21 Å². The van der Waals surface area contributed by atoms with Gasteiger partial charge in [0, 0.05) is 13.5 Å². The van der Waals surface area contributed by atoms with Crippen LogP contribution in [0.4, 0.5) is 5.95 Å². The fourth-order valence-electron chi connectivity index (χ4n) is 3.02. The molecule has 0 aliphatic heterocycles. The molecule has 0 atom stereocenters. The average Bonchev–Trinajstić information content (AvgIpc) is 3.17. The van der Waals surface area contributed by atoms with Gasteiger partial charge in [-0.15, -0.1) is 5.10 Å². The van der Waals surface area contributed by atoms with Gasteiger partial charge in [0.2, 0.25) is 5.95 Å². The lowest BCUT2D eigenvalue weighted by Gasteiger charge is -2.09. The van der Waals surface area contributed by atoms with Crippen LogP contribution in [0.1, 0.15) is 38.6 Å². The predicted octanol–water partition coefficient (Wildman–Crippen LogP) is 3.90. The highest BCUT2D eigenvalue weighted by Crippen LogP contribution is 2.22. The van der Waals surface area contributed by atoms with Gasteiger partial charge in [-0.05, 0) is 55.9 Å². The van der Waals surface area contributed by atoms with Crippen LogP contribution < -0.4 is 5.32 Å². The molecule has 0 radical (unpaired) electrons. The van der Waals surface area contributed by atoms with Crippen LogP contribution in [0.15, 0.2) is 33.8 Å². The van der Waals surface area contributed by atoms with Crippen molar-refractivity contribution in [3.8, 4) is 0 Å². The number of aryl methyl sites for hydroxylation is 4. The second kappa shape index (κ2) is 7.37. The number of hydrogen-bond donors (Lipinski definition) is 1. The summed E-state index contributed by atoms with van der Waals surface area (Å²) in [5.41, 5.74) is 4.93. The van der Waals surface area contributed by atoms with E-state index in [4.69, 9.17) is 4.42 Å². The Labute approximate surface area is 157 Å². The van der Waals surface area contributed by atoms with Crippen LogP contribution in [0.3, 0.4) is 0 Å². The van der Waals surface area contributed by atoms with E-state index in [9.17, 15) is 4.79 Å². The predicted molar refractivity (Wildman–Crippen MR) is 103 cm³/mol. The minimum absolute atomic E-state index is 0.251. The largest absolute Gasteiger partial charge is 0.456 e. The molecule has 3 rings (SSSR count). The van der Waals surface area contributed by atoms with E-state index in [0.717, 1.165) is 10.9 Å². The monoisotopic (exact) mass is 370 g/mol. The van der Waals surface area contributed by atoms with Gasteiger partial charge in [0.1, 0.15) is 5.76 Å². The first-order chi connectivity index (χ1) is 12.4. The number of furan rings is 1. The van der Waals surface area contributed by atoms with Crippen LogP contribution in [-0.2, 0) is 13.5 Å². The highest BCUT2D eigenvalue weighted by Gasteiger charge is 2.16. The number of benzene rings is 1. The molecular weight excluding hydrogens is 348 g/mol. The first-order valence-electron chi connectivity index (χ1n) is 8.29. The number of hydrogen-bond acceptors (Lipinski definition) is 5. The second-order valence-electron chi connectivity index (χ2n) is 6.32. The number of aromatic nitrogens is 3. The Morgan fingerprint density at radius 1 is 1.23 bits per heavy atom. The van der Waals surface area contributed by atoms with Crippen molar-refractivity contribution >= 4 is 23.6 Å². The Balaban J connectivity index is 1.74. The number of amides is 1. The van der Waals surface area contributed by atoms with Crippen LogP contribution in [0.5, 0.6) is 0 Å². The number of carbonyl (C=O) groups is 1. The van der Waals surface area contributed by atoms with Crippen LogP contribution in [0.25, 0.3) is 0 Å². The topological polar surface area (TPSA) is 73.0 Å². The standard InChI is InChI=1S/C19H22N4O2S/c1-11-8-12(2)15(13(3)9-11)10-14-6-7-16(25-14)17(24)20-18-21-19(26-5)23(4)22-18/h6-9H,10H2,1-5H3,(H,20,22,24). The van der Waals surface area contributed by atoms with Crippen LogP contribution >= 0.6 is 11.8 Å². The number of rotatable bonds is 5. The lowest BCUT2D eigenvalue weighted by atomic mass is 9.97. The maximum atomic E-state index is 12.4. The summed E-state index contributed by atoms with van der Waals surface area (Å²) < 4.78 is 7.37. The fourth-order valence-corrected chi connectivity index (χ4v) is 3.50. The fraction of sp³-hybridized carbons (Fsp3) is 0.316. The maximum absolute atomic E-state index is 12.4. The normalized spacial score (nSPS) is 11.0. The van der Waals surface area contributed by atoms with Crippen molar-refractivity contribution in [1.29, 1.82) is 0 Å². The molecule has 0 fully saturated rings. The van der Waals surface area contributed by atoms with E-state index in [2.05, 4.69) is 48.3 Å². The molecule has 0 saturated carbocycles. The van der Waals surface area contributed by atoms with E-state index in [1.54, 1.807) is 17.8 Å². The zero-order chi connectivity index (χ0) is 18.8. The molecule has 3 aromatic rings. The molecule has 0 aliphatic rings. The van der Waals surface area contributed by atoms with Gasteiger partial charge in [-0.2, -0.15) is 4.98 Å². The molecule has 0 saturated heterocycles. The zero-order valence-corrected chi connectivity index (χ0v) is 16.4. The molecule has 0 bridgehead atoms. The van der Waals surface area contributed by atoms with Gasteiger partial charge in [0.05, 0.1) is 0 Å². The van der Waals surface area contributed by atoms with Gasteiger partial charge in [-0.1, -0.05) is 29.5 Å². The molecule has 2 heterocycles. The van der Waals surface area contributed by atoms with Crippen molar-refractivity contribution in [2.45, 2.75) is 32.3 Å². The van der Waals surface area contributed by atoms with Crippen molar-refractivity contribution in [3.05, 3.63) is 58.0 Å². The number of anilines is 1. The molecule has 7 heteroatoms. The van der Waals surface area contributed by atoms with Gasteiger partial charge in [-0.3, -0.25) is 10.1 Å². The minimum Gasteiger partial charge on any atom is -0.456 e. The van der Waals surface area contributed by atoms with Crippen LogP contribution in [0, 0.1) is 20.8 Å². The molecule has 1 N–H and O–H groups in total. The van der Waals surface area contributed by atoms with E-state index >= 15 is 0 Å². The summed E-state index contributed by atoms with van der Waals surface area (Å²) in [6.07, 6.45) is 2.56. The lowest BCUT2D eigenvalue weighted by molar-refractivity contribution is 0.0994. The van der Waals surface area contributed by atoms with Crippen LogP contribution in [0.2, 0.25) is 0 Å². The third-order valence-electron chi connectivity index (χ3n) is 4.21. The highest BCUT2D eigenvalue weighted by atomic mass is 32.2. The smallest absolute Gasteiger partial charge is 0.293 e. The number of nitrogens with zero attached hydrogens (tertiary/aromatic N) is 3. The average molecular weight is 370 g/mol. The Morgan fingerprint density at radius 3 is 2.54 bits per heavy atom. The van der Waals surface area contributed by atoms with E-state index in [1.165, 1.54) is 34.0 Å². The van der Waals surface area contributed by atoms with Gasteiger partial charge in [0.25, 0.3) is 5.91 Å². The minimum atomic E-state index is -0.355. The Kier molecular flexibility index (Phi) is 5.18. The van der Waals surface area contributed by atoms with E-state index < -0.39 is 0 Å². The van der Waals surface area contributed by atoms with Gasteiger partial charge >= 0.3 is 0 Å². The van der Waals surface area contributed by atoms with Gasteiger partial charge in [0.15, 0.2) is 10.9 Å². The van der Waals surface area contributed by atoms with Gasteiger partial charge in [-0.25, -0.2) is 4.68 Å². The molecule has 0 unspecified atom stereocenters. The molecule has 136 valence electrons. The summed E-state index contributed by atoms with van der Waals surface area (Å²) in [4.78, 5) is 16.6. The van der Waals surface area contributed by atoms with E-state index in [1.807, 2.05) is 12.3 Å². The molecule has 2 aromatic heterocycles. The molecule has 0 spiro atoms. The van der Waals surface area contributed by atoms with Crippen molar-refractivity contribution in [2.24, 2.45) is 7.05 Å². The highest BCUT2D eigenvalue weighted by molar-refractivity contribution is 7.98. The summed E-state index contributed by atoms with van der Waals surface area (Å²) in [5.74, 6) is 0.918. The molecule has 6 nitrogen and oxygen atoms in total. The van der Waals surface area contributed by atoms with Crippen molar-refractivity contribution in [1.82, 2.24) is 14.8 Å². The number of thioether (sulfide) groups is 1. The maximum Gasteiger partial charge on any atom is 0.293 e. The molecule has 1 aromatic carbocycles. The first-order valence-corrected chi connectivity index (χ1v) is 9.51. The lowest BCUT2D eigenvalue weighted by Crippen LogP contribution is -2.12. The van der Waals surface area contributed by atoms with Crippen LogP contribution in [-0.4, -0.2) is 26.9 Å². The number of nitrogens with one attached hydrogen (secondary N) is 1. The third-order valence-corrected chi connectivity index (χ3v) is 4.93. The summed E-state index contributed by atoms with van der Waals surface area (Å²) >= 11 is 1.46. The van der Waals surface area contributed by atoms with E-state index in [-0.39, 0.29) is 17.6 Å². The Morgan fingerprint density at radius 2 is 1.92 bits per heavy atom. The quantitative estimate of drug-likeness (QED) is 0.690. The molecular formula is C19H22N4O2S. The van der Waals surface area contributed by atoms with Crippen molar-refractivity contribution in [3.63, 3.8) is 0 Å². The first kappa shape index (κ1) is 18.3. The summed E-state index contributed by atoms with van der Waals surface area (Å²) in [6.45, 7) is 6.29. The molecule has 1 amide bonds. The second-order valence-corrected chi connectivity index (χ2v) is 7.09. The zero-order valence-electron chi connectivity index (χ0n) is 15.6. The Hall–Kier alpha value is -2.54. The van der Waals surface area contributed by atoms with Crippen molar-refractivity contribution in [2.75, 3.05) is 11.6 Å². The number of carbonyl (C=O) groups excluding carboxylic acids is 1. The Bertz CT molecular complexity index is 935. The third kappa shape index (κ3) is 3.83. The van der Waals surface area contributed by atoms with E-state index in [0.29, 0.717) is 6.42 Å². The summed E-state index contributed by atoms with van der Waals surface area (Å²) in [5, 5.41) is 7.56. The molecule has 26 heavy (non-hydrogen) atoms. The molecule has 0 aliphatic carbocycles. The SMILES string of the molecule is CSc1nc(NC(=O)c2ccc(Cc3c(C)cc(C)cc3C)o2)nn1C. The van der Waals surface area contributed by atoms with Gasteiger partial charge < -0.3 is 4.42 Å². The summed E-state index contributed by atoms with van der Waals surface area (Å²) in [7, 11) is 1.78. The summed E-state index contributed by atoms with van der Waals surface area (Å²) in [6, 6.07) is 7.85.